The molecule has 0 aliphatic heterocycles. The van der Waals surface area contributed by atoms with Gasteiger partial charge < -0.3 is 9.47 Å². The predicted molar refractivity (Wildman–Crippen MR) is 105 cm³/mol. The van der Waals surface area contributed by atoms with Gasteiger partial charge in [-0.25, -0.2) is 0 Å². The van der Waals surface area contributed by atoms with Crippen molar-refractivity contribution in [1.82, 2.24) is 0 Å². The topological polar surface area (TPSA) is 42.8 Å². The number of hydrogen-bond donors (Lipinski definition) is 1. The molecule has 0 unspecified atom stereocenters. The lowest BCUT2D eigenvalue weighted by molar-refractivity contribution is 0.272. The summed E-state index contributed by atoms with van der Waals surface area (Å²) in [6.45, 7) is 9.62. The van der Waals surface area contributed by atoms with Crippen LogP contribution in [0.4, 0.5) is 5.69 Å². The first-order valence-corrected chi connectivity index (χ1v) is 8.90. The third kappa shape index (κ3) is 5.82. The van der Waals surface area contributed by atoms with E-state index in [9.17, 15) is 0 Å². The summed E-state index contributed by atoms with van der Waals surface area (Å²) < 4.78 is 11.5. The molecule has 0 radical (unpaired) electrons. The van der Waals surface area contributed by atoms with Gasteiger partial charge in [-0.3, -0.25) is 5.43 Å². The fourth-order valence-electron chi connectivity index (χ4n) is 2.31. The quantitative estimate of drug-likeness (QED) is 0.381. The van der Waals surface area contributed by atoms with Gasteiger partial charge in [0.25, 0.3) is 0 Å². The number of hydrogen-bond acceptors (Lipinski definition) is 4. The number of ether oxygens (including phenoxy) is 2. The van der Waals surface area contributed by atoms with Crippen molar-refractivity contribution in [3.05, 3.63) is 53.1 Å². The molecule has 0 spiro atoms. The van der Waals surface area contributed by atoms with Crippen LogP contribution in [0.25, 0.3) is 0 Å². The maximum atomic E-state index is 5.80. The Morgan fingerprint density at radius 2 is 1.80 bits per heavy atom. The summed E-state index contributed by atoms with van der Waals surface area (Å²) in [7, 11) is 0. The molecule has 4 heteroatoms. The van der Waals surface area contributed by atoms with Crippen LogP contribution >= 0.6 is 0 Å². The van der Waals surface area contributed by atoms with Crippen molar-refractivity contribution in [2.75, 3.05) is 18.6 Å². The van der Waals surface area contributed by atoms with Crippen LogP contribution in [0.15, 0.2) is 41.5 Å². The molecule has 1 N–H and O–H groups in total. The highest BCUT2D eigenvalue weighted by Gasteiger charge is 2.05. The highest BCUT2D eigenvalue weighted by molar-refractivity contribution is 5.81. The van der Waals surface area contributed by atoms with E-state index in [0.717, 1.165) is 35.6 Å². The molecule has 2 aromatic rings. The van der Waals surface area contributed by atoms with Crippen molar-refractivity contribution >= 4 is 11.9 Å². The zero-order valence-corrected chi connectivity index (χ0v) is 15.6. The minimum Gasteiger partial charge on any atom is -0.490 e. The Kier molecular flexibility index (Phi) is 7.33. The van der Waals surface area contributed by atoms with Crippen LogP contribution in [0.5, 0.6) is 11.5 Å². The van der Waals surface area contributed by atoms with E-state index in [1.165, 1.54) is 11.1 Å². The van der Waals surface area contributed by atoms with E-state index in [1.54, 1.807) is 6.21 Å². The maximum Gasteiger partial charge on any atom is 0.161 e. The number of unbranched alkanes of at least 4 members (excludes halogenated alkanes) is 1. The monoisotopic (exact) mass is 340 g/mol. The summed E-state index contributed by atoms with van der Waals surface area (Å²) in [6, 6.07) is 12.1. The Bertz CT molecular complexity index is 711. The standard InChI is InChI=1S/C21H28N2O2/c1-5-7-12-25-20-11-9-18(14-21(20)24-6-2)15-22-23-19-10-8-16(3)17(4)13-19/h8-11,13-15,23H,5-7,12H2,1-4H3/b22-15+. The molecule has 2 aromatic carbocycles. The summed E-state index contributed by atoms with van der Waals surface area (Å²) in [5, 5.41) is 4.32. The molecule has 25 heavy (non-hydrogen) atoms. The second-order valence-electron chi connectivity index (χ2n) is 6.01. The van der Waals surface area contributed by atoms with Gasteiger partial charge in [0.05, 0.1) is 25.1 Å². The van der Waals surface area contributed by atoms with Gasteiger partial charge in [-0.15, -0.1) is 0 Å². The van der Waals surface area contributed by atoms with Crippen molar-refractivity contribution in [3.8, 4) is 11.5 Å². The van der Waals surface area contributed by atoms with Crippen molar-refractivity contribution in [3.63, 3.8) is 0 Å². The largest absolute Gasteiger partial charge is 0.490 e. The molecule has 2 rings (SSSR count). The summed E-state index contributed by atoms with van der Waals surface area (Å²) in [5.41, 5.74) is 7.52. The number of aryl methyl sites for hydroxylation is 2. The Balaban J connectivity index is 2.05. The average Bonchev–Trinajstić information content (AvgIpc) is 2.60. The second-order valence-corrected chi connectivity index (χ2v) is 6.01. The first-order chi connectivity index (χ1) is 12.1. The molecule has 0 heterocycles. The van der Waals surface area contributed by atoms with Crippen LogP contribution < -0.4 is 14.9 Å². The van der Waals surface area contributed by atoms with E-state index < -0.39 is 0 Å². The van der Waals surface area contributed by atoms with Gasteiger partial charge in [0.1, 0.15) is 0 Å². The SMILES string of the molecule is CCCCOc1ccc(/C=N/Nc2ccc(C)c(C)c2)cc1OCC. The van der Waals surface area contributed by atoms with Gasteiger partial charge in [-0.05, 0) is 74.2 Å². The van der Waals surface area contributed by atoms with E-state index in [0.29, 0.717) is 13.2 Å². The Hall–Kier alpha value is -2.49. The number of nitrogens with zero attached hydrogens (tertiary/aromatic N) is 1. The first-order valence-electron chi connectivity index (χ1n) is 8.90. The zero-order valence-electron chi connectivity index (χ0n) is 15.6. The van der Waals surface area contributed by atoms with Gasteiger partial charge in [0.2, 0.25) is 0 Å². The minimum absolute atomic E-state index is 0.603. The van der Waals surface area contributed by atoms with E-state index in [-0.39, 0.29) is 0 Å². The summed E-state index contributed by atoms with van der Waals surface area (Å²) in [6.07, 6.45) is 3.93. The Labute approximate surface area is 150 Å². The fraction of sp³-hybridized carbons (Fsp3) is 0.381. The average molecular weight is 340 g/mol. The smallest absolute Gasteiger partial charge is 0.161 e. The summed E-state index contributed by atoms with van der Waals surface area (Å²) >= 11 is 0. The summed E-state index contributed by atoms with van der Waals surface area (Å²) in [5.74, 6) is 1.54. The molecule has 0 amide bonds. The molecule has 4 nitrogen and oxygen atoms in total. The minimum atomic E-state index is 0.603. The van der Waals surface area contributed by atoms with E-state index in [1.807, 2.05) is 31.2 Å². The first kappa shape index (κ1) is 18.8. The van der Waals surface area contributed by atoms with Crippen LogP contribution in [0, 0.1) is 13.8 Å². The van der Waals surface area contributed by atoms with Crippen LogP contribution in [0.2, 0.25) is 0 Å². The Morgan fingerprint density at radius 3 is 2.52 bits per heavy atom. The van der Waals surface area contributed by atoms with E-state index in [2.05, 4.69) is 43.4 Å². The van der Waals surface area contributed by atoms with Gasteiger partial charge in [-0.2, -0.15) is 5.10 Å². The van der Waals surface area contributed by atoms with Gasteiger partial charge in [0, 0.05) is 0 Å². The van der Waals surface area contributed by atoms with Crippen molar-refractivity contribution in [2.24, 2.45) is 5.10 Å². The van der Waals surface area contributed by atoms with Crippen molar-refractivity contribution in [1.29, 1.82) is 0 Å². The molecule has 0 saturated carbocycles. The number of hydrazone groups is 1. The van der Waals surface area contributed by atoms with Crippen LogP contribution in [0.3, 0.4) is 0 Å². The molecule has 0 atom stereocenters. The molecule has 0 saturated heterocycles. The normalized spacial score (nSPS) is 10.9. The molecule has 134 valence electrons. The lowest BCUT2D eigenvalue weighted by Crippen LogP contribution is -2.01. The number of nitrogens with one attached hydrogen (secondary N) is 1. The molecular formula is C21H28N2O2. The van der Waals surface area contributed by atoms with Gasteiger partial charge in [-0.1, -0.05) is 19.4 Å². The van der Waals surface area contributed by atoms with Crippen molar-refractivity contribution in [2.45, 2.75) is 40.5 Å². The van der Waals surface area contributed by atoms with Crippen LogP contribution in [0.1, 0.15) is 43.4 Å². The Morgan fingerprint density at radius 1 is 0.960 bits per heavy atom. The number of benzene rings is 2. The molecule has 0 aliphatic carbocycles. The maximum absolute atomic E-state index is 5.80. The number of anilines is 1. The fourth-order valence-corrected chi connectivity index (χ4v) is 2.31. The van der Waals surface area contributed by atoms with E-state index in [4.69, 9.17) is 9.47 Å². The molecule has 0 aliphatic rings. The van der Waals surface area contributed by atoms with Crippen LogP contribution in [-0.4, -0.2) is 19.4 Å². The highest BCUT2D eigenvalue weighted by atomic mass is 16.5. The van der Waals surface area contributed by atoms with E-state index >= 15 is 0 Å². The number of rotatable bonds is 9. The van der Waals surface area contributed by atoms with Gasteiger partial charge >= 0.3 is 0 Å². The van der Waals surface area contributed by atoms with Crippen molar-refractivity contribution < 1.29 is 9.47 Å². The zero-order chi connectivity index (χ0) is 18.1. The molecular weight excluding hydrogens is 312 g/mol. The second kappa shape index (κ2) is 9.72. The molecule has 0 aromatic heterocycles. The third-order valence-electron chi connectivity index (χ3n) is 3.94. The highest BCUT2D eigenvalue weighted by Crippen LogP contribution is 2.28. The lowest BCUT2D eigenvalue weighted by Gasteiger charge is -2.12. The summed E-state index contributed by atoms with van der Waals surface area (Å²) in [4.78, 5) is 0. The molecule has 0 fully saturated rings. The third-order valence-corrected chi connectivity index (χ3v) is 3.94. The lowest BCUT2D eigenvalue weighted by atomic mass is 10.1. The predicted octanol–water partition coefficient (Wildman–Crippen LogP) is 5.33. The van der Waals surface area contributed by atoms with Gasteiger partial charge in [0.15, 0.2) is 11.5 Å². The van der Waals surface area contributed by atoms with Crippen LogP contribution in [-0.2, 0) is 0 Å². The molecule has 0 bridgehead atoms.